The lowest BCUT2D eigenvalue weighted by molar-refractivity contribution is -0.160. The van der Waals surface area contributed by atoms with E-state index in [9.17, 15) is 19.1 Å². The van der Waals surface area contributed by atoms with Gasteiger partial charge >= 0.3 is 5.97 Å². The number of ether oxygens (including phenoxy) is 1. The van der Waals surface area contributed by atoms with Gasteiger partial charge in [-0.3, -0.25) is 4.79 Å². The molecule has 1 amide bonds. The monoisotopic (exact) mass is 525 g/mol. The van der Waals surface area contributed by atoms with Crippen LogP contribution in [0.2, 0.25) is 0 Å². The number of hydrogen-bond acceptors (Lipinski definition) is 3. The van der Waals surface area contributed by atoms with E-state index in [1.807, 2.05) is 34.6 Å². The maximum atomic E-state index is 13.7. The van der Waals surface area contributed by atoms with Gasteiger partial charge in [-0.05, 0) is 97.7 Å². The third-order valence-corrected chi connectivity index (χ3v) is 6.65. The molecule has 0 saturated carbocycles. The number of halogens is 2. The molecule has 2 aromatic rings. The van der Waals surface area contributed by atoms with Crippen LogP contribution in [0.1, 0.15) is 54.7 Å². The number of carboxylic acids is 1. The van der Waals surface area contributed by atoms with Crippen LogP contribution in [0.4, 0.5) is 10.1 Å². The van der Waals surface area contributed by atoms with Gasteiger partial charge in [0.05, 0.1) is 18.6 Å². The van der Waals surface area contributed by atoms with Gasteiger partial charge in [-0.15, -0.1) is 0 Å². The van der Waals surface area contributed by atoms with Crippen molar-refractivity contribution in [2.75, 3.05) is 4.90 Å². The molecule has 3 rings (SSSR count). The van der Waals surface area contributed by atoms with Gasteiger partial charge in [0.25, 0.3) is 0 Å². The van der Waals surface area contributed by atoms with Crippen LogP contribution in [0.5, 0.6) is 0 Å². The Morgan fingerprint density at radius 2 is 1.90 bits per heavy atom. The van der Waals surface area contributed by atoms with Gasteiger partial charge in [0.15, 0.2) is 6.10 Å². The molecular weight excluding hydrogens is 500 g/mol. The van der Waals surface area contributed by atoms with Crippen LogP contribution in [-0.2, 0) is 27.3 Å². The van der Waals surface area contributed by atoms with Gasteiger partial charge in [0.2, 0.25) is 5.91 Å². The molecule has 1 heterocycles. The van der Waals surface area contributed by atoms with Crippen molar-refractivity contribution in [2.45, 2.75) is 59.3 Å². The summed E-state index contributed by atoms with van der Waals surface area (Å²) in [7, 11) is 0. The molecule has 1 aliphatic rings. The van der Waals surface area contributed by atoms with Crippen LogP contribution < -0.4 is 4.90 Å². The summed E-state index contributed by atoms with van der Waals surface area (Å²) in [6, 6.07) is 5.99. The van der Waals surface area contributed by atoms with Crippen LogP contribution in [-0.4, -0.2) is 22.6 Å². The molecule has 0 saturated heterocycles. The highest BCUT2D eigenvalue weighted by Crippen LogP contribution is 2.39. The maximum Gasteiger partial charge on any atom is 0.337 e. The Balaban J connectivity index is 2.12. The van der Waals surface area contributed by atoms with Crippen molar-refractivity contribution < 1.29 is 23.8 Å². The van der Waals surface area contributed by atoms with Crippen LogP contribution in [0, 0.1) is 23.2 Å². The van der Waals surface area contributed by atoms with E-state index in [1.54, 1.807) is 17.0 Å². The molecule has 0 aliphatic carbocycles. The lowest BCUT2D eigenvalue weighted by Gasteiger charge is -2.34. The minimum Gasteiger partial charge on any atom is -0.479 e. The van der Waals surface area contributed by atoms with Gasteiger partial charge in [0.1, 0.15) is 5.82 Å². The lowest BCUT2D eigenvalue weighted by atomic mass is 9.86. The minimum atomic E-state index is -1.13. The third-order valence-electron chi connectivity index (χ3n) is 5.26. The van der Waals surface area contributed by atoms with Gasteiger partial charge in [-0.1, -0.05) is 6.07 Å². The van der Waals surface area contributed by atoms with E-state index in [4.69, 9.17) is 4.74 Å². The van der Waals surface area contributed by atoms with E-state index >= 15 is 0 Å². The number of carboxylic acid groups (broad SMARTS) is 1. The topological polar surface area (TPSA) is 66.8 Å². The molecule has 1 atom stereocenters. The van der Waals surface area contributed by atoms with Gasteiger partial charge < -0.3 is 14.7 Å². The molecule has 0 fully saturated rings. The molecule has 7 heteroatoms. The Bertz CT molecular complexity index is 1030. The smallest absolute Gasteiger partial charge is 0.337 e. The predicted molar refractivity (Wildman–Crippen MR) is 121 cm³/mol. The number of amides is 1. The van der Waals surface area contributed by atoms with Crippen molar-refractivity contribution in [3.63, 3.8) is 0 Å². The minimum absolute atomic E-state index is 0.129. The van der Waals surface area contributed by atoms with Gasteiger partial charge in [-0.25, -0.2) is 9.18 Å². The molecule has 2 aromatic carbocycles. The van der Waals surface area contributed by atoms with E-state index in [2.05, 4.69) is 22.6 Å². The Hall–Kier alpha value is -2.00. The van der Waals surface area contributed by atoms with E-state index in [0.717, 1.165) is 25.8 Å². The average Bonchev–Trinajstić information content (AvgIpc) is 2.64. The van der Waals surface area contributed by atoms with E-state index < -0.39 is 23.5 Å². The summed E-state index contributed by atoms with van der Waals surface area (Å²) in [6.45, 7) is 9.55. The zero-order chi connectivity index (χ0) is 22.4. The Morgan fingerprint density at radius 1 is 1.23 bits per heavy atom. The second-order valence-corrected chi connectivity index (χ2v) is 9.60. The zero-order valence-electron chi connectivity index (χ0n) is 17.7. The number of carbonyl (C=O) groups excluding carboxylic acids is 1. The van der Waals surface area contributed by atoms with E-state index in [0.29, 0.717) is 17.8 Å². The quantitative estimate of drug-likeness (QED) is 0.566. The molecule has 30 heavy (non-hydrogen) atoms. The second kappa shape index (κ2) is 8.26. The average molecular weight is 525 g/mol. The van der Waals surface area contributed by atoms with Crippen molar-refractivity contribution in [1.29, 1.82) is 0 Å². The summed E-state index contributed by atoms with van der Waals surface area (Å²) in [4.78, 5) is 26.5. The number of fused-ring (bicyclic) bond motifs is 1. The summed E-state index contributed by atoms with van der Waals surface area (Å²) >= 11 is 2.16. The summed E-state index contributed by atoms with van der Waals surface area (Å²) in [5, 5.41) is 9.86. The summed E-state index contributed by atoms with van der Waals surface area (Å²) < 4.78 is 20.4. The largest absolute Gasteiger partial charge is 0.479 e. The van der Waals surface area contributed by atoms with Crippen molar-refractivity contribution in [2.24, 2.45) is 0 Å². The number of aliphatic carboxylic acids is 1. The van der Waals surface area contributed by atoms with Crippen molar-refractivity contribution in [3.05, 3.63) is 61.5 Å². The van der Waals surface area contributed by atoms with Crippen LogP contribution >= 0.6 is 22.6 Å². The summed E-state index contributed by atoms with van der Waals surface area (Å²) in [6.07, 6.45) is -0.998. The van der Waals surface area contributed by atoms with Crippen LogP contribution in [0.25, 0.3) is 0 Å². The summed E-state index contributed by atoms with van der Waals surface area (Å²) in [5.41, 5.74) is 3.97. The molecule has 1 unspecified atom stereocenters. The van der Waals surface area contributed by atoms with Gasteiger partial charge in [-0.2, -0.15) is 0 Å². The van der Waals surface area contributed by atoms with E-state index in [-0.39, 0.29) is 12.3 Å². The number of benzene rings is 2. The number of nitrogens with zero attached hydrogens (tertiary/aromatic N) is 1. The Labute approximate surface area is 189 Å². The van der Waals surface area contributed by atoms with Crippen LogP contribution in [0.15, 0.2) is 24.3 Å². The Morgan fingerprint density at radius 3 is 2.47 bits per heavy atom. The molecule has 0 bridgehead atoms. The molecule has 5 nitrogen and oxygen atoms in total. The first-order chi connectivity index (χ1) is 13.9. The highest BCUT2D eigenvalue weighted by atomic mass is 127. The summed E-state index contributed by atoms with van der Waals surface area (Å²) in [5.74, 6) is -1.60. The number of rotatable bonds is 4. The number of carbonyl (C=O) groups is 2. The van der Waals surface area contributed by atoms with Gasteiger partial charge in [0, 0.05) is 14.8 Å². The first kappa shape index (κ1) is 22.7. The maximum absolute atomic E-state index is 13.7. The first-order valence-corrected chi connectivity index (χ1v) is 10.8. The lowest BCUT2D eigenvalue weighted by Crippen LogP contribution is -2.38. The number of anilines is 1. The highest BCUT2D eigenvalue weighted by molar-refractivity contribution is 14.1. The molecule has 1 N–H and O–H groups in total. The SMILES string of the molecule is Cc1c(I)c(C(OC(C)(C)C)C(=O)O)c(C)c2c1CN(c1cccc(F)c1)C(=O)C2. The first-order valence-electron chi connectivity index (χ1n) is 9.67. The van der Waals surface area contributed by atoms with Crippen LogP contribution in [0.3, 0.4) is 0 Å². The normalized spacial score (nSPS) is 15.2. The molecule has 1 aliphatic heterocycles. The predicted octanol–water partition coefficient (Wildman–Crippen LogP) is 5.08. The molecule has 0 radical (unpaired) electrons. The molecule has 160 valence electrons. The van der Waals surface area contributed by atoms with E-state index in [1.165, 1.54) is 12.1 Å². The molecule has 0 spiro atoms. The molecular formula is C23H25FINO4. The standard InChI is InChI=1S/C23H25FINO4/c1-12-16-10-18(27)26(15-8-6-7-14(24)9-15)11-17(16)13(2)20(25)19(12)21(22(28)29)30-23(3,4)5/h6-9,21H,10-11H2,1-5H3,(H,28,29). The second-order valence-electron chi connectivity index (χ2n) is 8.52. The fourth-order valence-electron chi connectivity index (χ4n) is 3.84. The third kappa shape index (κ3) is 4.37. The fraction of sp³-hybridized carbons (Fsp3) is 0.391. The number of hydrogen-bond donors (Lipinski definition) is 1. The van der Waals surface area contributed by atoms with Crippen molar-refractivity contribution >= 4 is 40.2 Å². The highest BCUT2D eigenvalue weighted by Gasteiger charge is 2.35. The van der Waals surface area contributed by atoms with Crippen molar-refractivity contribution in [3.8, 4) is 0 Å². The fourth-order valence-corrected chi connectivity index (χ4v) is 4.85. The van der Waals surface area contributed by atoms with Crippen molar-refractivity contribution in [1.82, 2.24) is 0 Å². The Kier molecular flexibility index (Phi) is 6.25. The molecule has 0 aromatic heterocycles. The zero-order valence-corrected chi connectivity index (χ0v) is 19.8.